The first-order chi connectivity index (χ1) is 10.0. The molecule has 0 aromatic heterocycles. The van der Waals surface area contributed by atoms with Gasteiger partial charge >= 0.3 is 5.97 Å². The molecule has 0 aliphatic heterocycles. The molecule has 0 heterocycles. The van der Waals surface area contributed by atoms with Crippen LogP contribution in [0.15, 0.2) is 18.2 Å². The Labute approximate surface area is 125 Å². The van der Waals surface area contributed by atoms with E-state index in [4.69, 9.17) is 5.73 Å². The quantitative estimate of drug-likeness (QED) is 0.661. The Balaban J connectivity index is 2.89. The van der Waals surface area contributed by atoms with Gasteiger partial charge in [-0.15, -0.1) is 0 Å². The molecule has 0 fully saturated rings. The Kier molecular flexibility index (Phi) is 6.44. The van der Waals surface area contributed by atoms with Crippen LogP contribution in [0.3, 0.4) is 0 Å². The van der Waals surface area contributed by atoms with Crippen LogP contribution in [0.2, 0.25) is 0 Å². The maximum Gasteiger partial charge on any atom is 0.307 e. The van der Waals surface area contributed by atoms with Crippen molar-refractivity contribution in [3.8, 4) is 11.8 Å². The van der Waals surface area contributed by atoms with Crippen molar-refractivity contribution in [3.63, 3.8) is 0 Å². The molecule has 0 bridgehead atoms. The first kappa shape index (κ1) is 16.7. The van der Waals surface area contributed by atoms with Crippen molar-refractivity contribution in [2.24, 2.45) is 5.73 Å². The second kappa shape index (κ2) is 8.08. The number of methoxy groups -OCH3 is 1. The van der Waals surface area contributed by atoms with Crippen LogP contribution in [0.25, 0.3) is 0 Å². The van der Waals surface area contributed by atoms with E-state index >= 15 is 0 Å². The smallest absolute Gasteiger partial charge is 0.307 e. The van der Waals surface area contributed by atoms with Crippen molar-refractivity contribution in [1.29, 1.82) is 0 Å². The summed E-state index contributed by atoms with van der Waals surface area (Å²) in [5.74, 6) is 5.24. The molecule has 0 atom stereocenters. The van der Waals surface area contributed by atoms with Crippen molar-refractivity contribution in [1.82, 2.24) is 4.90 Å². The van der Waals surface area contributed by atoms with Crippen LogP contribution in [-0.4, -0.2) is 44.0 Å². The van der Waals surface area contributed by atoms with E-state index in [1.807, 2.05) is 13.0 Å². The predicted octanol–water partition coefficient (Wildman–Crippen LogP) is 0.940. The molecule has 0 saturated heterocycles. The molecule has 5 heteroatoms. The Morgan fingerprint density at radius 1 is 1.38 bits per heavy atom. The van der Waals surface area contributed by atoms with Gasteiger partial charge in [0.05, 0.1) is 20.1 Å². The van der Waals surface area contributed by atoms with E-state index in [0.717, 1.165) is 11.1 Å². The first-order valence-electron chi connectivity index (χ1n) is 6.62. The molecule has 0 spiro atoms. The molecule has 0 aliphatic rings. The van der Waals surface area contributed by atoms with Crippen molar-refractivity contribution >= 4 is 11.9 Å². The number of amides is 1. The van der Waals surface area contributed by atoms with Crippen molar-refractivity contribution < 1.29 is 14.3 Å². The van der Waals surface area contributed by atoms with Gasteiger partial charge in [0.2, 0.25) is 0 Å². The lowest BCUT2D eigenvalue weighted by Gasteiger charge is -2.18. The molecule has 0 aliphatic carbocycles. The molecule has 1 rings (SSSR count). The molecule has 5 nitrogen and oxygen atoms in total. The van der Waals surface area contributed by atoms with E-state index in [0.29, 0.717) is 12.1 Å². The molecule has 0 saturated carbocycles. The molecule has 21 heavy (non-hydrogen) atoms. The number of carbonyl (C=O) groups is 2. The van der Waals surface area contributed by atoms with Gasteiger partial charge in [-0.1, -0.05) is 17.9 Å². The molecule has 2 N–H and O–H groups in total. The fraction of sp³-hybridized carbons (Fsp3) is 0.375. The fourth-order valence-electron chi connectivity index (χ4n) is 1.82. The summed E-state index contributed by atoms with van der Waals surface area (Å²) in [5, 5.41) is 0. The van der Waals surface area contributed by atoms with E-state index in [2.05, 4.69) is 16.6 Å². The van der Waals surface area contributed by atoms with E-state index in [-0.39, 0.29) is 24.8 Å². The van der Waals surface area contributed by atoms with Crippen LogP contribution in [0.1, 0.15) is 27.9 Å². The van der Waals surface area contributed by atoms with Gasteiger partial charge in [0.25, 0.3) is 5.91 Å². The summed E-state index contributed by atoms with van der Waals surface area (Å²) >= 11 is 0. The highest BCUT2D eigenvalue weighted by Gasteiger charge is 2.16. The van der Waals surface area contributed by atoms with E-state index < -0.39 is 0 Å². The van der Waals surface area contributed by atoms with Gasteiger partial charge in [-0.25, -0.2) is 0 Å². The number of benzene rings is 1. The number of nitrogens with zero attached hydrogens (tertiary/aromatic N) is 1. The third kappa shape index (κ3) is 4.62. The SMILES string of the molecule is COC(=O)CCN(C)C(=O)c1cccc(C#CCN)c1C. The molecule has 1 aromatic carbocycles. The Morgan fingerprint density at radius 3 is 2.71 bits per heavy atom. The minimum absolute atomic E-state index is 0.146. The number of nitrogens with two attached hydrogens (primary N) is 1. The predicted molar refractivity (Wildman–Crippen MR) is 80.7 cm³/mol. The third-order valence-electron chi connectivity index (χ3n) is 3.12. The molecule has 0 radical (unpaired) electrons. The average molecular weight is 288 g/mol. The topological polar surface area (TPSA) is 72.6 Å². The van der Waals surface area contributed by atoms with E-state index in [9.17, 15) is 9.59 Å². The summed E-state index contributed by atoms with van der Waals surface area (Å²) in [4.78, 5) is 25.0. The lowest BCUT2D eigenvalue weighted by atomic mass is 10.0. The lowest BCUT2D eigenvalue weighted by Crippen LogP contribution is -2.30. The Bertz CT molecular complexity index is 585. The molecular weight excluding hydrogens is 268 g/mol. The maximum atomic E-state index is 12.4. The van der Waals surface area contributed by atoms with E-state index in [1.54, 1.807) is 19.2 Å². The molecule has 0 unspecified atom stereocenters. The summed E-state index contributed by atoms with van der Waals surface area (Å²) < 4.78 is 4.57. The Morgan fingerprint density at radius 2 is 2.10 bits per heavy atom. The summed E-state index contributed by atoms with van der Waals surface area (Å²) in [6, 6.07) is 5.39. The normalized spacial score (nSPS) is 9.52. The number of esters is 1. The first-order valence-corrected chi connectivity index (χ1v) is 6.62. The monoisotopic (exact) mass is 288 g/mol. The largest absolute Gasteiger partial charge is 0.469 e. The fourth-order valence-corrected chi connectivity index (χ4v) is 1.82. The van der Waals surface area contributed by atoms with Gasteiger partial charge in [0.1, 0.15) is 0 Å². The zero-order chi connectivity index (χ0) is 15.8. The average Bonchev–Trinajstić information content (AvgIpc) is 2.50. The van der Waals surface area contributed by atoms with Gasteiger partial charge in [-0.05, 0) is 24.6 Å². The summed E-state index contributed by atoms with van der Waals surface area (Å²) in [5.41, 5.74) is 7.53. The second-order valence-corrected chi connectivity index (χ2v) is 4.54. The summed E-state index contributed by atoms with van der Waals surface area (Å²) in [6.07, 6.45) is 0.171. The zero-order valence-electron chi connectivity index (χ0n) is 12.6. The number of hydrogen-bond donors (Lipinski definition) is 1. The van der Waals surface area contributed by atoms with Gasteiger partial charge in [-0.3, -0.25) is 9.59 Å². The zero-order valence-corrected chi connectivity index (χ0v) is 12.6. The summed E-state index contributed by atoms with van der Waals surface area (Å²) in [7, 11) is 2.98. The molecular formula is C16H20N2O3. The van der Waals surface area contributed by atoms with Crippen molar-refractivity contribution in [2.45, 2.75) is 13.3 Å². The highest BCUT2D eigenvalue weighted by molar-refractivity contribution is 5.96. The Hall–Kier alpha value is -2.32. The molecule has 1 aromatic rings. The number of hydrogen-bond acceptors (Lipinski definition) is 4. The van der Waals surface area contributed by atoms with Gasteiger partial charge in [0.15, 0.2) is 0 Å². The van der Waals surface area contributed by atoms with Crippen molar-refractivity contribution in [3.05, 3.63) is 34.9 Å². The summed E-state index contributed by atoms with van der Waals surface area (Å²) in [6.45, 7) is 2.43. The molecule has 112 valence electrons. The number of ether oxygens (including phenoxy) is 1. The van der Waals surface area contributed by atoms with Crippen LogP contribution in [0, 0.1) is 18.8 Å². The molecule has 1 amide bonds. The van der Waals surface area contributed by atoms with Gasteiger partial charge in [0, 0.05) is 24.7 Å². The van der Waals surface area contributed by atoms with Gasteiger partial charge in [-0.2, -0.15) is 0 Å². The maximum absolute atomic E-state index is 12.4. The highest BCUT2D eigenvalue weighted by atomic mass is 16.5. The van der Waals surface area contributed by atoms with Crippen LogP contribution in [-0.2, 0) is 9.53 Å². The second-order valence-electron chi connectivity index (χ2n) is 4.54. The highest BCUT2D eigenvalue weighted by Crippen LogP contribution is 2.15. The van der Waals surface area contributed by atoms with Crippen molar-refractivity contribution in [2.75, 3.05) is 27.2 Å². The third-order valence-corrected chi connectivity index (χ3v) is 3.12. The van der Waals surface area contributed by atoms with Crippen LogP contribution in [0.4, 0.5) is 0 Å². The number of carbonyl (C=O) groups excluding carboxylic acids is 2. The van der Waals surface area contributed by atoms with E-state index in [1.165, 1.54) is 12.0 Å². The van der Waals surface area contributed by atoms with Crippen LogP contribution < -0.4 is 5.73 Å². The van der Waals surface area contributed by atoms with Crippen LogP contribution >= 0.6 is 0 Å². The minimum Gasteiger partial charge on any atom is -0.469 e. The minimum atomic E-state index is -0.339. The van der Waals surface area contributed by atoms with Gasteiger partial charge < -0.3 is 15.4 Å². The number of rotatable bonds is 4. The standard InChI is InChI=1S/C16H20N2O3/c1-12-13(7-5-10-17)6-4-8-14(12)16(20)18(2)11-9-15(19)21-3/h4,6,8H,9-11,17H2,1-3H3. The van der Waals surface area contributed by atoms with Crippen LogP contribution in [0.5, 0.6) is 0 Å². The lowest BCUT2D eigenvalue weighted by molar-refractivity contribution is -0.140.